The van der Waals surface area contributed by atoms with Gasteiger partial charge in [-0.1, -0.05) is 35.9 Å². The number of carboxylic acid groups (broad SMARTS) is 1. The van der Waals surface area contributed by atoms with Crippen LogP contribution in [-0.2, 0) is 10.5 Å². The third-order valence-electron chi connectivity index (χ3n) is 3.52. The van der Waals surface area contributed by atoms with Gasteiger partial charge in [0, 0.05) is 16.9 Å². The van der Waals surface area contributed by atoms with Crippen molar-refractivity contribution in [3.8, 4) is 5.75 Å². The molecule has 0 heterocycles. The van der Waals surface area contributed by atoms with E-state index in [-0.39, 0.29) is 11.5 Å². The van der Waals surface area contributed by atoms with Crippen molar-refractivity contribution in [1.82, 2.24) is 0 Å². The van der Waals surface area contributed by atoms with Gasteiger partial charge in [0.25, 0.3) is 0 Å². The van der Waals surface area contributed by atoms with E-state index in [1.165, 1.54) is 11.8 Å². The minimum Gasteiger partial charge on any atom is -0.496 e. The van der Waals surface area contributed by atoms with Crippen LogP contribution >= 0.6 is 11.8 Å². The lowest BCUT2D eigenvalue weighted by atomic mass is 10.1. The summed E-state index contributed by atoms with van der Waals surface area (Å²) in [6, 6.07) is 13.1. The van der Waals surface area contributed by atoms with E-state index in [0.29, 0.717) is 17.1 Å². The van der Waals surface area contributed by atoms with Crippen LogP contribution in [0.15, 0.2) is 48.5 Å². The number of benzene rings is 2. The molecule has 5 heteroatoms. The first-order valence-corrected chi connectivity index (χ1v) is 8.90. The van der Waals surface area contributed by atoms with Crippen molar-refractivity contribution >= 4 is 29.6 Å². The van der Waals surface area contributed by atoms with Crippen molar-refractivity contribution in [2.75, 3.05) is 12.9 Å². The van der Waals surface area contributed by atoms with E-state index in [2.05, 4.69) is 0 Å². The molecule has 2 aromatic carbocycles. The highest BCUT2D eigenvalue weighted by Crippen LogP contribution is 2.25. The van der Waals surface area contributed by atoms with Crippen LogP contribution < -0.4 is 4.74 Å². The lowest BCUT2D eigenvalue weighted by molar-refractivity contribution is -0.133. The Labute approximate surface area is 151 Å². The highest BCUT2D eigenvalue weighted by atomic mass is 32.2. The second-order valence-corrected chi connectivity index (χ2v) is 6.51. The maximum absolute atomic E-state index is 12.4. The summed E-state index contributed by atoms with van der Waals surface area (Å²) in [5.41, 5.74) is 3.47. The Morgan fingerprint density at radius 3 is 2.68 bits per heavy atom. The molecule has 0 atom stereocenters. The number of carbonyl (C=O) groups is 2. The van der Waals surface area contributed by atoms with E-state index in [4.69, 9.17) is 9.84 Å². The van der Waals surface area contributed by atoms with Gasteiger partial charge in [-0.3, -0.25) is 9.59 Å². The smallest absolute Gasteiger partial charge is 0.313 e. The number of thioether (sulfide) groups is 1. The number of hydrogen-bond acceptors (Lipinski definition) is 4. The normalized spacial score (nSPS) is 10.8. The first-order valence-electron chi connectivity index (χ1n) is 7.75. The maximum Gasteiger partial charge on any atom is 0.313 e. The average molecular weight is 356 g/mol. The van der Waals surface area contributed by atoms with Gasteiger partial charge < -0.3 is 9.84 Å². The molecular formula is C20H20O4S. The molecule has 0 fully saturated rings. The number of aryl methyl sites for hydroxylation is 1. The number of carboxylic acids is 1. The number of methoxy groups -OCH3 is 1. The van der Waals surface area contributed by atoms with E-state index in [1.54, 1.807) is 37.5 Å². The molecular weight excluding hydrogens is 336 g/mol. The lowest BCUT2D eigenvalue weighted by Crippen LogP contribution is -2.01. The number of allylic oxidation sites excluding steroid dienone is 1. The monoisotopic (exact) mass is 356 g/mol. The molecule has 0 spiro atoms. The Morgan fingerprint density at radius 1 is 1.20 bits per heavy atom. The van der Waals surface area contributed by atoms with E-state index < -0.39 is 5.97 Å². The van der Waals surface area contributed by atoms with Crippen LogP contribution in [0.25, 0.3) is 6.08 Å². The zero-order chi connectivity index (χ0) is 18.2. The van der Waals surface area contributed by atoms with E-state index in [0.717, 1.165) is 16.7 Å². The number of ether oxygens (including phenoxy) is 1. The minimum atomic E-state index is -0.864. The summed E-state index contributed by atoms with van der Waals surface area (Å²) in [5, 5.41) is 8.74. The third kappa shape index (κ3) is 5.80. The highest BCUT2D eigenvalue weighted by Gasteiger charge is 2.09. The topological polar surface area (TPSA) is 63.6 Å². The Hall–Kier alpha value is -2.53. The highest BCUT2D eigenvalue weighted by molar-refractivity contribution is 7.99. The Morgan fingerprint density at radius 2 is 2.00 bits per heavy atom. The van der Waals surface area contributed by atoms with Crippen molar-refractivity contribution in [2.45, 2.75) is 12.7 Å². The summed E-state index contributed by atoms with van der Waals surface area (Å²) in [4.78, 5) is 23.1. The first kappa shape index (κ1) is 18.8. The Balaban J connectivity index is 2.14. The van der Waals surface area contributed by atoms with E-state index in [9.17, 15) is 9.59 Å². The van der Waals surface area contributed by atoms with Crippen LogP contribution in [-0.4, -0.2) is 29.7 Å². The molecule has 130 valence electrons. The van der Waals surface area contributed by atoms with Crippen molar-refractivity contribution in [2.24, 2.45) is 0 Å². The first-order chi connectivity index (χ1) is 12.0. The minimum absolute atomic E-state index is 0.00852. The van der Waals surface area contributed by atoms with Gasteiger partial charge in [-0.15, -0.1) is 11.8 Å². The number of aliphatic carboxylic acids is 1. The SMILES string of the molecule is COc1ccc(C(=O)/C=C/c2cccc(C)c2)cc1CSCC(=O)O. The predicted molar refractivity (Wildman–Crippen MR) is 101 cm³/mol. The summed E-state index contributed by atoms with van der Waals surface area (Å²) in [6.45, 7) is 2.00. The zero-order valence-electron chi connectivity index (χ0n) is 14.2. The quantitative estimate of drug-likeness (QED) is 0.567. The molecule has 4 nitrogen and oxygen atoms in total. The fourth-order valence-corrected chi connectivity index (χ4v) is 3.06. The van der Waals surface area contributed by atoms with Gasteiger partial charge in [-0.05, 0) is 36.8 Å². The summed E-state index contributed by atoms with van der Waals surface area (Å²) in [6.07, 6.45) is 3.34. The Bertz CT molecular complexity index is 796. The second kappa shape index (κ2) is 9.08. The predicted octanol–water partition coefficient (Wildman–Crippen LogP) is 4.22. The molecule has 0 amide bonds. The van der Waals surface area contributed by atoms with Crippen molar-refractivity contribution in [3.05, 3.63) is 70.8 Å². The van der Waals surface area contributed by atoms with Crippen molar-refractivity contribution in [1.29, 1.82) is 0 Å². The van der Waals surface area contributed by atoms with Gasteiger partial charge in [0.15, 0.2) is 5.78 Å². The molecule has 0 aliphatic heterocycles. The number of rotatable bonds is 8. The molecule has 2 aromatic rings. The molecule has 0 aliphatic carbocycles. The largest absolute Gasteiger partial charge is 0.496 e. The van der Waals surface area contributed by atoms with Crippen LogP contribution in [0.3, 0.4) is 0 Å². The molecule has 0 saturated carbocycles. The van der Waals surface area contributed by atoms with Crippen LogP contribution in [0.4, 0.5) is 0 Å². The Kier molecular flexibility index (Phi) is 6.83. The molecule has 0 unspecified atom stereocenters. The van der Waals surface area contributed by atoms with Gasteiger partial charge >= 0.3 is 5.97 Å². The van der Waals surface area contributed by atoms with Gasteiger partial charge in [0.1, 0.15) is 5.75 Å². The molecule has 0 aliphatic rings. The summed E-state index contributed by atoms with van der Waals surface area (Å²) in [5.74, 6) is 0.162. The lowest BCUT2D eigenvalue weighted by Gasteiger charge is -2.09. The standard InChI is InChI=1S/C20H20O4S/c1-14-4-3-5-15(10-14)6-8-18(21)16-7-9-19(24-2)17(11-16)12-25-13-20(22)23/h3-11H,12-13H2,1-2H3,(H,22,23)/b8-6+. The van der Waals surface area contributed by atoms with Gasteiger partial charge in [-0.2, -0.15) is 0 Å². The van der Waals surface area contributed by atoms with Crippen LogP contribution in [0.1, 0.15) is 27.0 Å². The van der Waals surface area contributed by atoms with Crippen molar-refractivity contribution in [3.63, 3.8) is 0 Å². The fraction of sp³-hybridized carbons (Fsp3) is 0.200. The second-order valence-electron chi connectivity index (χ2n) is 5.52. The molecule has 25 heavy (non-hydrogen) atoms. The molecule has 0 aromatic heterocycles. The molecule has 0 radical (unpaired) electrons. The number of ketones is 1. The van der Waals surface area contributed by atoms with Crippen LogP contribution in [0, 0.1) is 6.92 Å². The van der Waals surface area contributed by atoms with Gasteiger partial charge in [-0.25, -0.2) is 0 Å². The summed E-state index contributed by atoms with van der Waals surface area (Å²) < 4.78 is 5.29. The maximum atomic E-state index is 12.4. The molecule has 0 bridgehead atoms. The zero-order valence-corrected chi connectivity index (χ0v) is 15.0. The molecule has 0 saturated heterocycles. The summed E-state index contributed by atoms with van der Waals surface area (Å²) >= 11 is 1.27. The van der Waals surface area contributed by atoms with Crippen LogP contribution in [0.2, 0.25) is 0 Å². The molecule has 2 rings (SSSR count). The molecule has 1 N–H and O–H groups in total. The third-order valence-corrected chi connectivity index (χ3v) is 4.48. The van der Waals surface area contributed by atoms with E-state index >= 15 is 0 Å². The summed E-state index contributed by atoms with van der Waals surface area (Å²) in [7, 11) is 1.56. The average Bonchev–Trinajstić information content (AvgIpc) is 2.59. The van der Waals surface area contributed by atoms with Gasteiger partial charge in [0.2, 0.25) is 0 Å². The number of hydrogen-bond donors (Lipinski definition) is 1. The van der Waals surface area contributed by atoms with Crippen LogP contribution in [0.5, 0.6) is 5.75 Å². The van der Waals surface area contributed by atoms with Gasteiger partial charge in [0.05, 0.1) is 12.9 Å². The van der Waals surface area contributed by atoms with Crippen molar-refractivity contribution < 1.29 is 19.4 Å². The fourth-order valence-electron chi connectivity index (χ4n) is 2.33. The van der Waals surface area contributed by atoms with E-state index in [1.807, 2.05) is 31.2 Å². The number of carbonyl (C=O) groups excluding carboxylic acids is 1.